The molecule has 0 bridgehead atoms. The largest absolute Gasteiger partial charge is 0.466 e. The number of carbonyl (C=O) groups excluding carboxylic acids is 3. The van der Waals surface area contributed by atoms with Crippen LogP contribution >= 0.6 is 11.6 Å². The fourth-order valence-corrected chi connectivity index (χ4v) is 2.72. The Bertz CT molecular complexity index is 679. The maximum absolute atomic E-state index is 12.8. The number of rotatable bonds is 12. The van der Waals surface area contributed by atoms with Crippen LogP contribution in [-0.4, -0.2) is 48.7 Å². The van der Waals surface area contributed by atoms with Crippen molar-refractivity contribution in [1.82, 2.24) is 4.90 Å². The summed E-state index contributed by atoms with van der Waals surface area (Å²) < 4.78 is 15.4. The topological polar surface area (TPSA) is 82.1 Å². The third-order valence-corrected chi connectivity index (χ3v) is 4.03. The number of hydrogen-bond acceptors (Lipinski definition) is 6. The number of esters is 2. The van der Waals surface area contributed by atoms with E-state index >= 15 is 0 Å². The second kappa shape index (κ2) is 13.6. The summed E-state index contributed by atoms with van der Waals surface area (Å²) in [6.45, 7) is 7.57. The van der Waals surface area contributed by atoms with Crippen LogP contribution in [0.4, 0.5) is 4.79 Å². The van der Waals surface area contributed by atoms with Gasteiger partial charge < -0.3 is 14.2 Å². The van der Waals surface area contributed by atoms with Crippen molar-refractivity contribution >= 4 is 29.6 Å². The highest BCUT2D eigenvalue weighted by atomic mass is 35.5. The molecule has 0 fully saturated rings. The maximum Gasteiger partial charge on any atom is 0.410 e. The lowest BCUT2D eigenvalue weighted by Crippen LogP contribution is -2.46. The molecule has 0 saturated heterocycles. The average Bonchev–Trinajstić information content (AvgIpc) is 2.69. The van der Waals surface area contributed by atoms with Gasteiger partial charge in [-0.2, -0.15) is 0 Å². The van der Waals surface area contributed by atoms with E-state index in [9.17, 15) is 14.4 Å². The minimum atomic E-state index is -0.995. The first-order valence-corrected chi connectivity index (χ1v) is 9.89. The van der Waals surface area contributed by atoms with Crippen LogP contribution in [0.25, 0.3) is 0 Å². The van der Waals surface area contributed by atoms with E-state index < -0.39 is 18.1 Å². The summed E-state index contributed by atoms with van der Waals surface area (Å²) in [6.07, 6.45) is -0.286. The van der Waals surface area contributed by atoms with E-state index in [1.54, 1.807) is 13.8 Å². The lowest BCUT2D eigenvalue weighted by molar-refractivity contribution is -0.149. The summed E-state index contributed by atoms with van der Waals surface area (Å²) in [5.41, 5.74) is 0.807. The Morgan fingerprint density at radius 1 is 1.07 bits per heavy atom. The first kappa shape index (κ1) is 24.5. The monoisotopic (exact) mass is 425 g/mol. The van der Waals surface area contributed by atoms with Crippen LogP contribution in [0.1, 0.15) is 38.7 Å². The second-order valence-electron chi connectivity index (χ2n) is 6.13. The lowest BCUT2D eigenvalue weighted by atomic mass is 10.1. The summed E-state index contributed by atoms with van der Waals surface area (Å²) in [5, 5.41) is 0.203. The molecule has 0 N–H and O–H groups in total. The predicted molar refractivity (Wildman–Crippen MR) is 109 cm³/mol. The quantitative estimate of drug-likeness (QED) is 0.371. The van der Waals surface area contributed by atoms with Crippen LogP contribution in [0.15, 0.2) is 41.9 Å². The first-order valence-electron chi connectivity index (χ1n) is 9.51. The van der Waals surface area contributed by atoms with Crippen LogP contribution in [0.3, 0.4) is 0 Å². The van der Waals surface area contributed by atoms with E-state index in [0.717, 1.165) is 5.56 Å². The maximum atomic E-state index is 12.8. The number of ether oxygens (including phenoxy) is 3. The molecule has 0 aliphatic heterocycles. The molecule has 1 rings (SSSR count). The molecule has 29 heavy (non-hydrogen) atoms. The predicted octanol–water partition coefficient (Wildman–Crippen LogP) is 4.04. The Balaban J connectivity index is 2.90. The van der Waals surface area contributed by atoms with Crippen LogP contribution in [0.5, 0.6) is 0 Å². The molecular weight excluding hydrogens is 398 g/mol. The highest BCUT2D eigenvalue weighted by Crippen LogP contribution is 2.18. The molecule has 0 radical (unpaired) electrons. The molecule has 0 spiro atoms. The van der Waals surface area contributed by atoms with Gasteiger partial charge in [-0.1, -0.05) is 48.5 Å². The van der Waals surface area contributed by atoms with Gasteiger partial charge in [-0.25, -0.2) is 9.59 Å². The highest BCUT2D eigenvalue weighted by molar-refractivity contribution is 6.29. The lowest BCUT2D eigenvalue weighted by Gasteiger charge is -2.29. The molecule has 1 atom stereocenters. The third kappa shape index (κ3) is 9.47. The summed E-state index contributed by atoms with van der Waals surface area (Å²) in [7, 11) is 0. The SMILES string of the molecule is C=C(Cl)CC(C(=O)OCC)N(CCCC(=O)OCC)C(=O)OCc1ccccc1. The molecule has 8 heteroatoms. The molecule has 7 nitrogen and oxygen atoms in total. The van der Waals surface area contributed by atoms with E-state index in [1.807, 2.05) is 30.3 Å². The Morgan fingerprint density at radius 2 is 1.72 bits per heavy atom. The highest BCUT2D eigenvalue weighted by Gasteiger charge is 2.32. The van der Waals surface area contributed by atoms with Gasteiger partial charge in [0, 0.05) is 24.4 Å². The van der Waals surface area contributed by atoms with Crippen molar-refractivity contribution in [2.45, 2.75) is 45.8 Å². The molecule has 1 unspecified atom stereocenters. The minimum absolute atomic E-state index is 0.0141. The normalized spacial score (nSPS) is 11.3. The van der Waals surface area contributed by atoms with Crippen molar-refractivity contribution in [1.29, 1.82) is 0 Å². The zero-order chi connectivity index (χ0) is 21.6. The first-order chi connectivity index (χ1) is 13.9. The molecule has 0 aliphatic rings. The van der Waals surface area contributed by atoms with Gasteiger partial charge in [-0.15, -0.1) is 0 Å². The van der Waals surface area contributed by atoms with Gasteiger partial charge in [0.05, 0.1) is 13.2 Å². The van der Waals surface area contributed by atoms with Crippen molar-refractivity contribution in [2.75, 3.05) is 19.8 Å². The number of carbonyl (C=O) groups is 3. The van der Waals surface area contributed by atoms with Gasteiger partial charge in [-0.3, -0.25) is 9.69 Å². The zero-order valence-corrected chi connectivity index (χ0v) is 17.7. The summed E-state index contributed by atoms with van der Waals surface area (Å²) in [5.74, 6) is -0.985. The number of nitrogens with zero attached hydrogens (tertiary/aromatic N) is 1. The summed E-state index contributed by atoms with van der Waals surface area (Å²) in [4.78, 5) is 38.0. The van der Waals surface area contributed by atoms with Gasteiger partial charge in [0.15, 0.2) is 0 Å². The number of benzene rings is 1. The number of hydrogen-bond donors (Lipinski definition) is 0. The molecule has 0 heterocycles. The standard InChI is InChI=1S/C21H28ClNO6/c1-4-27-19(24)12-9-13-23(18(14-16(3)22)20(25)28-5-2)21(26)29-15-17-10-7-6-8-11-17/h6-8,10-11,18H,3-5,9,12-15H2,1-2H3. The van der Waals surface area contributed by atoms with E-state index in [4.69, 9.17) is 25.8 Å². The Kier molecular flexibility index (Phi) is 11.5. The van der Waals surface area contributed by atoms with Crippen LogP contribution < -0.4 is 0 Å². The molecule has 0 aromatic heterocycles. The van der Waals surface area contributed by atoms with Gasteiger partial charge in [0.1, 0.15) is 12.6 Å². The molecule has 0 aliphatic carbocycles. The Labute approximate surface area is 176 Å². The van der Waals surface area contributed by atoms with Gasteiger partial charge in [0.2, 0.25) is 0 Å². The van der Waals surface area contributed by atoms with Crippen molar-refractivity contribution < 1.29 is 28.6 Å². The molecule has 160 valence electrons. The van der Waals surface area contributed by atoms with Gasteiger partial charge >= 0.3 is 18.0 Å². The van der Waals surface area contributed by atoms with Crippen molar-refractivity contribution in [3.05, 3.63) is 47.5 Å². The summed E-state index contributed by atoms with van der Waals surface area (Å²) >= 11 is 5.91. The van der Waals surface area contributed by atoms with Crippen molar-refractivity contribution in [3.63, 3.8) is 0 Å². The zero-order valence-electron chi connectivity index (χ0n) is 16.9. The molecular formula is C21H28ClNO6. The van der Waals surface area contributed by atoms with E-state index in [0.29, 0.717) is 6.42 Å². The third-order valence-electron chi connectivity index (χ3n) is 3.87. The fraction of sp³-hybridized carbons (Fsp3) is 0.476. The van der Waals surface area contributed by atoms with E-state index in [-0.39, 0.29) is 50.2 Å². The van der Waals surface area contributed by atoms with Gasteiger partial charge in [-0.05, 0) is 25.8 Å². The van der Waals surface area contributed by atoms with E-state index in [2.05, 4.69) is 6.58 Å². The smallest absolute Gasteiger partial charge is 0.410 e. The average molecular weight is 426 g/mol. The second-order valence-corrected chi connectivity index (χ2v) is 6.67. The Morgan fingerprint density at radius 3 is 2.31 bits per heavy atom. The van der Waals surface area contributed by atoms with Gasteiger partial charge in [0.25, 0.3) is 0 Å². The van der Waals surface area contributed by atoms with E-state index in [1.165, 1.54) is 4.90 Å². The van der Waals surface area contributed by atoms with Crippen LogP contribution in [-0.2, 0) is 30.4 Å². The van der Waals surface area contributed by atoms with Crippen LogP contribution in [0, 0.1) is 0 Å². The molecule has 1 aromatic rings. The molecule has 0 saturated carbocycles. The fourth-order valence-electron chi connectivity index (χ4n) is 2.57. The van der Waals surface area contributed by atoms with Crippen LogP contribution in [0.2, 0.25) is 0 Å². The summed E-state index contributed by atoms with van der Waals surface area (Å²) in [6, 6.07) is 8.17. The number of amides is 1. The molecule has 1 amide bonds. The minimum Gasteiger partial charge on any atom is -0.466 e. The molecule has 1 aromatic carbocycles. The Hall–Kier alpha value is -2.54. The van der Waals surface area contributed by atoms with Crippen molar-refractivity contribution in [3.8, 4) is 0 Å². The van der Waals surface area contributed by atoms with Crippen molar-refractivity contribution in [2.24, 2.45) is 0 Å². The number of halogens is 1.